The van der Waals surface area contributed by atoms with Gasteiger partial charge in [-0.1, -0.05) is 66.7 Å². The minimum atomic E-state index is -0.966. The Balaban J connectivity index is 1.40. The van der Waals surface area contributed by atoms with E-state index < -0.39 is 12.1 Å². The number of furan rings is 1. The van der Waals surface area contributed by atoms with E-state index in [0.717, 1.165) is 50.0 Å². The second-order valence-electron chi connectivity index (χ2n) is 9.99. The average Bonchev–Trinajstić information content (AvgIpc) is 3.66. The molecule has 0 amide bonds. The predicted octanol–water partition coefficient (Wildman–Crippen LogP) is 7.37. The third kappa shape index (κ3) is 3.21. The number of carboxylic acids is 1. The number of carboxylic acid groups (broad SMARTS) is 1. The lowest BCUT2D eigenvalue weighted by atomic mass is 9.87. The molecule has 6 aromatic rings. The van der Waals surface area contributed by atoms with Crippen molar-refractivity contribution in [1.82, 2.24) is 4.57 Å². The van der Waals surface area contributed by atoms with E-state index in [9.17, 15) is 9.90 Å². The van der Waals surface area contributed by atoms with Crippen LogP contribution in [0, 0.1) is 0 Å². The van der Waals surface area contributed by atoms with Crippen LogP contribution >= 0.6 is 0 Å². The minimum absolute atomic E-state index is 0.222. The summed E-state index contributed by atoms with van der Waals surface area (Å²) in [6.45, 7) is 0.698. The van der Waals surface area contributed by atoms with Gasteiger partial charge >= 0.3 is 5.97 Å². The van der Waals surface area contributed by atoms with Crippen molar-refractivity contribution in [2.24, 2.45) is 4.99 Å². The highest BCUT2D eigenvalue weighted by atomic mass is 16.5. The summed E-state index contributed by atoms with van der Waals surface area (Å²) in [7, 11) is 0. The van der Waals surface area contributed by atoms with Crippen LogP contribution < -0.4 is 0 Å². The fourth-order valence-electron chi connectivity index (χ4n) is 6.06. The molecule has 0 fully saturated rings. The number of para-hydroxylation sites is 2. The average molecular weight is 511 g/mol. The monoisotopic (exact) mass is 510 g/mol. The third-order valence-electron chi connectivity index (χ3n) is 7.77. The third-order valence-corrected chi connectivity index (χ3v) is 7.77. The number of aliphatic imine (C=N–C) groups is 1. The first-order valence-electron chi connectivity index (χ1n) is 12.9. The van der Waals surface area contributed by atoms with Crippen LogP contribution in [0.5, 0.6) is 0 Å². The summed E-state index contributed by atoms with van der Waals surface area (Å²) < 4.78 is 15.4. The fraction of sp³-hybridized carbons (Fsp3) is 0.0909. The van der Waals surface area contributed by atoms with Crippen LogP contribution in [0.25, 0.3) is 33.0 Å². The molecule has 0 saturated carbocycles. The van der Waals surface area contributed by atoms with Crippen LogP contribution in [0.1, 0.15) is 45.1 Å². The van der Waals surface area contributed by atoms with Crippen LogP contribution in [0.3, 0.4) is 0 Å². The molecule has 39 heavy (non-hydrogen) atoms. The molecular formula is C33H22N2O4. The van der Waals surface area contributed by atoms with Crippen molar-refractivity contribution in [3.63, 3.8) is 0 Å². The highest BCUT2D eigenvalue weighted by Crippen LogP contribution is 2.57. The molecule has 4 aromatic carbocycles. The Kier molecular flexibility index (Phi) is 4.61. The highest BCUT2D eigenvalue weighted by Gasteiger charge is 2.47. The number of benzene rings is 4. The molecule has 2 unspecified atom stereocenters. The number of hydrogen-bond acceptors (Lipinski definition) is 4. The SMILES string of the molecule is O=C(O)c1ccc(C2=NC3c4c(c5ccccc5n4Cc4ccccc4)-c4c(oc5ccccc45)C3O2)cc1. The van der Waals surface area contributed by atoms with Gasteiger partial charge in [-0.3, -0.25) is 0 Å². The maximum atomic E-state index is 11.4. The second-order valence-corrected chi connectivity index (χ2v) is 9.99. The zero-order valence-corrected chi connectivity index (χ0v) is 20.7. The summed E-state index contributed by atoms with van der Waals surface area (Å²) in [5.74, 6) is 0.293. The van der Waals surface area contributed by atoms with Gasteiger partial charge in [-0.25, -0.2) is 9.79 Å². The van der Waals surface area contributed by atoms with E-state index in [1.807, 2.05) is 24.3 Å². The first-order valence-corrected chi connectivity index (χ1v) is 12.9. The number of aromatic nitrogens is 1. The van der Waals surface area contributed by atoms with Gasteiger partial charge in [0.25, 0.3) is 0 Å². The molecule has 1 aliphatic heterocycles. The van der Waals surface area contributed by atoms with Gasteiger partial charge in [0.1, 0.15) is 11.6 Å². The zero-order valence-electron chi connectivity index (χ0n) is 20.7. The Morgan fingerprint density at radius 3 is 2.33 bits per heavy atom. The van der Waals surface area contributed by atoms with Crippen molar-refractivity contribution in [3.05, 3.63) is 131 Å². The summed E-state index contributed by atoms with van der Waals surface area (Å²) >= 11 is 0. The van der Waals surface area contributed by atoms with E-state index in [0.29, 0.717) is 12.4 Å². The lowest BCUT2D eigenvalue weighted by Gasteiger charge is -2.25. The van der Waals surface area contributed by atoms with Gasteiger partial charge in [-0.2, -0.15) is 0 Å². The normalized spacial score (nSPS) is 17.4. The van der Waals surface area contributed by atoms with Crippen molar-refractivity contribution in [1.29, 1.82) is 0 Å². The van der Waals surface area contributed by atoms with Gasteiger partial charge in [-0.15, -0.1) is 0 Å². The number of fused-ring (bicyclic) bond motifs is 10. The first kappa shape index (κ1) is 21.9. The minimum Gasteiger partial charge on any atom is -0.478 e. The van der Waals surface area contributed by atoms with E-state index >= 15 is 0 Å². The molecule has 0 spiro atoms. The largest absolute Gasteiger partial charge is 0.478 e. The molecule has 1 N–H and O–H groups in total. The van der Waals surface area contributed by atoms with Crippen molar-refractivity contribution >= 4 is 33.7 Å². The Hall–Kier alpha value is -5.10. The summed E-state index contributed by atoms with van der Waals surface area (Å²) in [4.78, 5) is 16.5. The molecule has 3 heterocycles. The van der Waals surface area contributed by atoms with Crippen LogP contribution in [0.4, 0.5) is 0 Å². The molecule has 2 aromatic heterocycles. The standard InChI is InChI=1S/C33H22N2O4/c36-33(37)21-16-14-20(15-17-21)32-34-28-29-26(27-23-11-5-7-13-25(23)38-30(27)31(28)39-32)22-10-4-6-12-24(22)35(29)18-19-8-2-1-3-9-19/h1-17,28,31H,18H2,(H,36,37). The van der Waals surface area contributed by atoms with E-state index in [-0.39, 0.29) is 11.6 Å². The van der Waals surface area contributed by atoms with Crippen molar-refractivity contribution in [2.45, 2.75) is 18.7 Å². The number of ether oxygens (including phenoxy) is 1. The van der Waals surface area contributed by atoms with Crippen LogP contribution in [0.2, 0.25) is 0 Å². The maximum Gasteiger partial charge on any atom is 0.335 e. The quantitative estimate of drug-likeness (QED) is 0.269. The number of rotatable bonds is 4. The fourth-order valence-corrected chi connectivity index (χ4v) is 6.06. The molecule has 6 heteroatoms. The second kappa shape index (κ2) is 8.20. The Bertz CT molecular complexity index is 1950. The van der Waals surface area contributed by atoms with E-state index in [2.05, 4.69) is 59.2 Å². The van der Waals surface area contributed by atoms with Crippen LogP contribution in [0.15, 0.2) is 113 Å². The van der Waals surface area contributed by atoms with Gasteiger partial charge in [0.2, 0.25) is 5.90 Å². The lowest BCUT2D eigenvalue weighted by molar-refractivity contribution is 0.0697. The molecule has 188 valence electrons. The topological polar surface area (TPSA) is 77.0 Å². The molecule has 2 aliphatic rings. The summed E-state index contributed by atoms with van der Waals surface area (Å²) in [5.41, 5.74) is 7.41. The smallest absolute Gasteiger partial charge is 0.335 e. The van der Waals surface area contributed by atoms with E-state index in [1.54, 1.807) is 24.3 Å². The van der Waals surface area contributed by atoms with Crippen LogP contribution in [-0.2, 0) is 11.3 Å². The highest BCUT2D eigenvalue weighted by molar-refractivity contribution is 6.09. The summed E-state index contributed by atoms with van der Waals surface area (Å²) in [5, 5.41) is 11.6. The van der Waals surface area contributed by atoms with Gasteiger partial charge < -0.3 is 18.8 Å². The van der Waals surface area contributed by atoms with E-state index in [1.165, 1.54) is 5.56 Å². The van der Waals surface area contributed by atoms with Gasteiger partial charge in [0.05, 0.1) is 11.3 Å². The number of aromatic carboxylic acids is 1. The van der Waals surface area contributed by atoms with Crippen molar-refractivity contribution < 1.29 is 19.1 Å². The summed E-state index contributed by atoms with van der Waals surface area (Å²) in [6, 6.07) is 33.4. The molecule has 8 rings (SSSR count). The van der Waals surface area contributed by atoms with E-state index in [4.69, 9.17) is 14.1 Å². The molecule has 6 nitrogen and oxygen atoms in total. The zero-order chi connectivity index (χ0) is 26.1. The molecule has 2 atom stereocenters. The Morgan fingerprint density at radius 1 is 0.821 bits per heavy atom. The van der Waals surface area contributed by atoms with Gasteiger partial charge in [-0.05, 0) is 42.0 Å². The number of carbonyl (C=O) groups is 1. The number of nitrogens with zero attached hydrogens (tertiary/aromatic N) is 2. The van der Waals surface area contributed by atoms with Crippen molar-refractivity contribution in [2.75, 3.05) is 0 Å². The Labute approximate surface area is 223 Å². The molecular weight excluding hydrogens is 488 g/mol. The molecule has 1 aliphatic carbocycles. The maximum absolute atomic E-state index is 11.4. The lowest BCUT2D eigenvalue weighted by Crippen LogP contribution is -2.17. The van der Waals surface area contributed by atoms with Gasteiger partial charge in [0.15, 0.2) is 11.9 Å². The molecule has 0 bridgehead atoms. The van der Waals surface area contributed by atoms with Crippen molar-refractivity contribution in [3.8, 4) is 11.1 Å². The Morgan fingerprint density at radius 2 is 1.54 bits per heavy atom. The van der Waals surface area contributed by atoms with Gasteiger partial charge in [0, 0.05) is 39.5 Å². The summed E-state index contributed by atoms with van der Waals surface area (Å²) in [6.07, 6.45) is -0.437. The predicted molar refractivity (Wildman–Crippen MR) is 149 cm³/mol. The number of hydrogen-bond donors (Lipinski definition) is 1. The van der Waals surface area contributed by atoms with Crippen LogP contribution in [-0.4, -0.2) is 21.5 Å². The molecule has 0 saturated heterocycles. The molecule has 0 radical (unpaired) electrons. The first-order chi connectivity index (χ1) is 19.2.